The van der Waals surface area contributed by atoms with Gasteiger partial charge in [-0.3, -0.25) is 9.59 Å². The molecule has 0 atom stereocenters. The number of hydrogen-bond donors (Lipinski definition) is 1. The van der Waals surface area contributed by atoms with Crippen LogP contribution >= 0.6 is 11.3 Å². The van der Waals surface area contributed by atoms with E-state index in [1.54, 1.807) is 18.4 Å². The Kier molecular flexibility index (Phi) is 6.85. The van der Waals surface area contributed by atoms with E-state index in [-0.39, 0.29) is 47.7 Å². The van der Waals surface area contributed by atoms with Gasteiger partial charge in [0, 0.05) is 6.07 Å². The fourth-order valence-electron chi connectivity index (χ4n) is 3.70. The average Bonchev–Trinajstić information content (AvgIpc) is 3.34. The molecule has 2 aromatic rings. The number of anilines is 1. The monoisotopic (exact) mass is 456 g/mol. The van der Waals surface area contributed by atoms with Crippen LogP contribution in [0, 0.1) is 6.92 Å². The van der Waals surface area contributed by atoms with Gasteiger partial charge in [0.25, 0.3) is 11.8 Å². The summed E-state index contributed by atoms with van der Waals surface area (Å²) in [5, 5.41) is 8.14. The van der Waals surface area contributed by atoms with Crippen LogP contribution in [0.1, 0.15) is 33.8 Å². The molecule has 0 radical (unpaired) electrons. The minimum absolute atomic E-state index is 0.00253. The fraction of sp³-hybridized carbons (Fsp3) is 0.500. The van der Waals surface area contributed by atoms with Crippen LogP contribution in [0.25, 0.3) is 0 Å². The zero-order valence-corrected chi connectivity index (χ0v) is 18.1. The van der Waals surface area contributed by atoms with Gasteiger partial charge < -0.3 is 19.1 Å². The topological polar surface area (TPSA) is 98.5 Å². The van der Waals surface area contributed by atoms with Crippen LogP contribution in [-0.4, -0.2) is 66.5 Å². The lowest BCUT2D eigenvalue weighted by Gasteiger charge is -2.42. The first-order valence-corrected chi connectivity index (χ1v) is 10.6. The molecule has 0 spiro atoms. The van der Waals surface area contributed by atoms with Crippen LogP contribution in [0.3, 0.4) is 0 Å². The van der Waals surface area contributed by atoms with E-state index in [1.165, 1.54) is 13.4 Å². The van der Waals surface area contributed by atoms with Crippen molar-refractivity contribution in [3.63, 3.8) is 0 Å². The second-order valence-corrected chi connectivity index (χ2v) is 8.71. The molecule has 0 bridgehead atoms. The summed E-state index contributed by atoms with van der Waals surface area (Å²) in [5.74, 6) is -4.05. The third-order valence-corrected chi connectivity index (χ3v) is 6.45. The average molecular weight is 456 g/mol. The number of amides is 1. The number of Topliss-reactive ketones (excluding diaryl/α,β-unsaturated/α-hetero) is 1. The minimum Gasteiger partial charge on any atom is -0.465 e. The molecule has 0 aromatic carbocycles. The van der Waals surface area contributed by atoms with Crippen LogP contribution in [0.2, 0.25) is 0 Å². The predicted octanol–water partition coefficient (Wildman–Crippen LogP) is 2.83. The van der Waals surface area contributed by atoms with Crippen LogP contribution in [0.5, 0.6) is 0 Å². The van der Waals surface area contributed by atoms with Gasteiger partial charge in [0.1, 0.15) is 17.7 Å². The second-order valence-electron chi connectivity index (χ2n) is 7.83. The van der Waals surface area contributed by atoms with E-state index in [9.17, 15) is 23.2 Å². The third-order valence-electron chi connectivity index (χ3n) is 5.37. The Morgan fingerprint density at radius 1 is 1.29 bits per heavy atom. The van der Waals surface area contributed by atoms with Crippen molar-refractivity contribution in [2.75, 3.05) is 38.6 Å². The molecule has 0 unspecified atom stereocenters. The van der Waals surface area contributed by atoms with Gasteiger partial charge in [0.15, 0.2) is 12.3 Å². The van der Waals surface area contributed by atoms with Crippen molar-refractivity contribution in [1.82, 2.24) is 5.16 Å². The number of aromatic nitrogens is 1. The number of likely N-dealkylation sites (tertiary alicyclic amines) is 1. The maximum atomic E-state index is 13.8. The Morgan fingerprint density at radius 2 is 2.00 bits per heavy atom. The highest BCUT2D eigenvalue weighted by molar-refractivity contribution is 7.12. The summed E-state index contributed by atoms with van der Waals surface area (Å²) in [5.41, 5.74) is 1.49. The second kappa shape index (κ2) is 9.23. The molecule has 1 saturated heterocycles. The van der Waals surface area contributed by atoms with E-state index in [1.807, 2.05) is 0 Å². The van der Waals surface area contributed by atoms with Crippen LogP contribution < -0.4 is 5.32 Å². The van der Waals surface area contributed by atoms with E-state index >= 15 is 0 Å². The van der Waals surface area contributed by atoms with Crippen molar-refractivity contribution in [2.45, 2.75) is 32.1 Å². The van der Waals surface area contributed by atoms with Crippen LogP contribution in [0.4, 0.5) is 14.5 Å². The molecule has 2 aromatic heterocycles. The molecule has 11 heteroatoms. The minimum atomic E-state index is -2.81. The number of ether oxygens (including phenoxy) is 1. The van der Waals surface area contributed by atoms with Crippen molar-refractivity contribution in [1.29, 1.82) is 0 Å². The molecule has 168 valence electrons. The third kappa shape index (κ3) is 5.73. The van der Waals surface area contributed by atoms with Crippen LogP contribution in [0.15, 0.2) is 22.2 Å². The SMILES string of the molecule is COC(=O)c1scc(C)c1NC(=O)C[N+]1(CC(=O)Cc2ccon2)CCC(F)(F)CC1. The number of aryl methyl sites for hydroxylation is 1. The summed E-state index contributed by atoms with van der Waals surface area (Å²) in [6.07, 6.45) is 0.555. The zero-order chi connectivity index (χ0) is 22.6. The van der Waals surface area contributed by atoms with E-state index in [0.29, 0.717) is 16.9 Å². The summed E-state index contributed by atoms with van der Waals surface area (Å²) in [7, 11) is 1.25. The molecule has 3 rings (SSSR count). The standard InChI is InChI=1S/C20H23F2N3O5S/c1-13-12-31-18(19(28)29-2)17(13)23-16(27)11-25(6-4-20(21,22)5-7-25)10-15(26)9-14-3-8-30-24-14/h3,8,12H,4-7,9-11H2,1-2H3/p+1. The zero-order valence-electron chi connectivity index (χ0n) is 17.3. The maximum Gasteiger partial charge on any atom is 0.350 e. The number of alkyl halides is 2. The Morgan fingerprint density at radius 3 is 2.61 bits per heavy atom. The van der Waals surface area contributed by atoms with Crippen molar-refractivity contribution in [3.05, 3.63) is 33.8 Å². The molecule has 1 N–H and O–H groups in total. The molecular formula is C20H24F2N3O5S+. The number of hydrogen-bond acceptors (Lipinski definition) is 7. The highest BCUT2D eigenvalue weighted by Gasteiger charge is 2.45. The molecule has 8 nitrogen and oxygen atoms in total. The van der Waals surface area contributed by atoms with Crippen molar-refractivity contribution in [2.24, 2.45) is 0 Å². The number of quaternary nitrogens is 1. The number of rotatable bonds is 8. The molecule has 1 aliphatic heterocycles. The van der Waals surface area contributed by atoms with E-state index in [2.05, 4.69) is 10.5 Å². The lowest BCUT2D eigenvalue weighted by molar-refractivity contribution is -0.920. The lowest BCUT2D eigenvalue weighted by atomic mass is 10.0. The number of halogens is 2. The maximum absolute atomic E-state index is 13.8. The quantitative estimate of drug-likeness (QED) is 0.485. The van der Waals surface area contributed by atoms with Crippen LogP contribution in [-0.2, 0) is 20.7 Å². The molecule has 0 aliphatic carbocycles. The number of piperidine rings is 1. The number of thiophene rings is 1. The Labute approximate surface area is 181 Å². The number of methoxy groups -OCH3 is 1. The Bertz CT molecular complexity index is 948. The predicted molar refractivity (Wildman–Crippen MR) is 108 cm³/mol. The summed E-state index contributed by atoms with van der Waals surface area (Å²) in [6.45, 7) is 1.51. The fourth-order valence-corrected chi connectivity index (χ4v) is 4.62. The first-order chi connectivity index (χ1) is 14.6. The van der Waals surface area contributed by atoms with Crippen molar-refractivity contribution < 1.29 is 36.9 Å². The number of nitrogens with zero attached hydrogens (tertiary/aromatic N) is 2. The number of esters is 1. The molecule has 3 heterocycles. The van der Waals surface area contributed by atoms with Gasteiger partial charge in [-0.25, -0.2) is 13.6 Å². The van der Waals surface area contributed by atoms with Gasteiger partial charge in [0.2, 0.25) is 0 Å². The number of nitrogens with one attached hydrogen (secondary N) is 1. The largest absolute Gasteiger partial charge is 0.465 e. The number of carbonyl (C=O) groups is 3. The number of ketones is 1. The highest BCUT2D eigenvalue weighted by Crippen LogP contribution is 2.33. The van der Waals surface area contributed by atoms with Gasteiger partial charge in [0.05, 0.1) is 50.8 Å². The Hall–Kier alpha value is -2.66. The molecule has 31 heavy (non-hydrogen) atoms. The number of carbonyl (C=O) groups excluding carboxylic acids is 3. The van der Waals surface area contributed by atoms with E-state index < -0.39 is 30.6 Å². The smallest absolute Gasteiger partial charge is 0.350 e. The molecule has 0 saturated carbocycles. The Balaban J connectivity index is 1.74. The molecular weight excluding hydrogens is 432 g/mol. The first kappa shape index (κ1) is 23.0. The molecule has 1 aliphatic rings. The molecule has 1 fully saturated rings. The van der Waals surface area contributed by atoms with Gasteiger partial charge in [-0.15, -0.1) is 11.3 Å². The van der Waals surface area contributed by atoms with Gasteiger partial charge >= 0.3 is 5.97 Å². The van der Waals surface area contributed by atoms with E-state index in [0.717, 1.165) is 11.3 Å². The highest BCUT2D eigenvalue weighted by atomic mass is 32.1. The van der Waals surface area contributed by atoms with Crippen molar-refractivity contribution >= 4 is 34.7 Å². The summed E-state index contributed by atoms with van der Waals surface area (Å²) in [4.78, 5) is 37.7. The summed E-state index contributed by atoms with van der Waals surface area (Å²) in [6, 6.07) is 1.56. The van der Waals surface area contributed by atoms with Gasteiger partial charge in [-0.1, -0.05) is 5.16 Å². The lowest BCUT2D eigenvalue weighted by Crippen LogP contribution is -2.60. The first-order valence-electron chi connectivity index (χ1n) is 9.73. The van der Waals surface area contributed by atoms with E-state index in [4.69, 9.17) is 9.26 Å². The van der Waals surface area contributed by atoms with Gasteiger partial charge in [-0.2, -0.15) is 0 Å². The summed E-state index contributed by atoms with van der Waals surface area (Å²) >= 11 is 1.15. The van der Waals surface area contributed by atoms with Crippen molar-refractivity contribution in [3.8, 4) is 0 Å². The molecule has 1 amide bonds. The van der Waals surface area contributed by atoms with Gasteiger partial charge in [-0.05, 0) is 17.9 Å². The normalized spacial score (nSPS) is 17.2. The summed E-state index contributed by atoms with van der Waals surface area (Å²) < 4.78 is 37.0.